The lowest BCUT2D eigenvalue weighted by Crippen LogP contribution is -4.23. The van der Waals surface area contributed by atoms with Crippen molar-refractivity contribution in [2.75, 3.05) is 0 Å². The quantitative estimate of drug-likeness (QED) is 0.423. The third-order valence-corrected chi connectivity index (χ3v) is 0. The Balaban J connectivity index is 0. The van der Waals surface area contributed by atoms with Crippen LogP contribution in [0, 0.1) is 0 Å². The Morgan fingerprint density at radius 1 is 1.20 bits per heavy atom. The first-order chi connectivity index (χ1) is 4.00. The lowest BCUT2D eigenvalue weighted by molar-refractivity contribution is -1.92. The summed E-state index contributed by atoms with van der Waals surface area (Å²) in [6, 6.07) is 0. The van der Waals surface area contributed by atoms with Crippen molar-refractivity contribution < 1.29 is 33.8 Å². The molecule has 0 unspecified atom stereocenters. The predicted molar refractivity (Wildman–Crippen MR) is 26.2 cm³/mol. The molecule has 3 N–H and O–H groups in total. The molecule has 6 heteroatoms. The molecule has 0 aromatic heterocycles. The molecule has 0 fully saturated rings. The maximum Gasteiger partial charge on any atom is 0.368 e. The number of hydrogen-bond acceptors (Lipinski definition) is 5. The van der Waals surface area contributed by atoms with Crippen LogP contribution in [0.2, 0.25) is 0 Å². The van der Waals surface area contributed by atoms with Crippen LogP contribution in [0.25, 0.3) is 0 Å². The summed E-state index contributed by atoms with van der Waals surface area (Å²) in [5.74, 6) is 0. The normalized spacial score (nSPS) is 12.0. The van der Waals surface area contributed by atoms with Crippen LogP contribution >= 0.6 is 0 Å². The summed E-state index contributed by atoms with van der Waals surface area (Å²) in [6.45, 7) is 5.90. The highest BCUT2D eigenvalue weighted by molar-refractivity contribution is 4.60. The van der Waals surface area contributed by atoms with E-state index in [0.29, 0.717) is 0 Å². The van der Waals surface area contributed by atoms with E-state index in [1.165, 1.54) is 0 Å². The van der Waals surface area contributed by atoms with Gasteiger partial charge in [0.05, 0.1) is 0 Å². The lowest BCUT2D eigenvalue weighted by atomic mass is 10.1. The highest BCUT2D eigenvalue weighted by Crippen LogP contribution is 1.88. The van der Waals surface area contributed by atoms with E-state index in [9.17, 15) is 0 Å². The van der Waals surface area contributed by atoms with Crippen molar-refractivity contribution in [2.24, 2.45) is 5.73 Å². The topological polar surface area (TPSA) is 115 Å². The molecular weight excluding hydrogens is 253 g/mol. The van der Waals surface area contributed by atoms with E-state index in [-0.39, 0.29) is 5.54 Å². The smallest absolute Gasteiger partial charge is 0.326 e. The molecule has 5 nitrogen and oxygen atoms in total. The minimum absolute atomic E-state index is 0. The lowest BCUT2D eigenvalue weighted by Gasteiger charge is -2.06. The van der Waals surface area contributed by atoms with E-state index in [1.807, 2.05) is 20.8 Å². The Kier molecular flexibility index (Phi) is 5.81. The van der Waals surface area contributed by atoms with E-state index in [0.717, 1.165) is 0 Å². The van der Waals surface area contributed by atoms with Crippen LogP contribution in [0.5, 0.6) is 0 Å². The zero-order valence-corrected chi connectivity index (χ0v) is 8.28. The van der Waals surface area contributed by atoms with E-state index < -0.39 is 20.1 Å². The standard InChI is InChI=1S/C4H11N.HIO4/c1-4(2,3)5;2-1(3,4)5/h5H2,1-3H3;2H. The molecule has 0 aromatic rings. The largest absolute Gasteiger partial charge is 0.368 e. The highest BCUT2D eigenvalue weighted by Gasteiger charge is 2.11. The van der Waals surface area contributed by atoms with Gasteiger partial charge in [-0.2, -0.15) is 0 Å². The van der Waals surface area contributed by atoms with Gasteiger partial charge in [0.15, 0.2) is 0 Å². The first kappa shape index (κ1) is 13.1. The second-order valence-electron chi connectivity index (χ2n) is 2.76. The van der Waals surface area contributed by atoms with Crippen LogP contribution in [0.1, 0.15) is 20.8 Å². The molecule has 0 aromatic carbocycles. The summed E-state index contributed by atoms with van der Waals surface area (Å²) >= 11 is -5.69. The Bertz CT molecular complexity index is 60.2. The monoisotopic (exact) mass is 265 g/mol. The summed E-state index contributed by atoms with van der Waals surface area (Å²) < 4.78 is 33.2. The van der Waals surface area contributed by atoms with Gasteiger partial charge in [0, 0.05) is 8.97 Å². The number of hydrogen-bond donors (Lipinski definition) is 2. The summed E-state index contributed by atoms with van der Waals surface area (Å²) in [5, 5.41) is 0. The number of nitrogens with two attached hydrogens (primary N) is 1. The molecule has 0 radical (unpaired) electrons. The maximum absolute atomic E-state index is 8.73. The van der Waals surface area contributed by atoms with Gasteiger partial charge in [0.2, 0.25) is 0 Å². The van der Waals surface area contributed by atoms with E-state index in [4.69, 9.17) is 19.5 Å². The third-order valence-electron chi connectivity index (χ3n) is 0. The molecule has 0 atom stereocenters. The summed E-state index contributed by atoms with van der Waals surface area (Å²) in [5.41, 5.74) is 5.35. The second kappa shape index (κ2) is 4.42. The van der Waals surface area contributed by atoms with Crippen molar-refractivity contribution in [1.29, 1.82) is 0 Å². The van der Waals surface area contributed by atoms with Crippen molar-refractivity contribution >= 4 is 0 Å². The van der Waals surface area contributed by atoms with Crippen LogP contribution in [0.3, 0.4) is 0 Å². The third kappa shape index (κ3) is 1720. The fourth-order valence-electron chi connectivity index (χ4n) is 0. The van der Waals surface area contributed by atoms with Gasteiger partial charge in [-0.25, -0.2) is 0 Å². The van der Waals surface area contributed by atoms with E-state index in [1.54, 1.807) is 0 Å². The fourth-order valence-corrected chi connectivity index (χ4v) is 0. The van der Waals surface area contributed by atoms with Gasteiger partial charge in [0.1, 0.15) is 0 Å². The van der Waals surface area contributed by atoms with Crippen molar-refractivity contribution in [2.45, 2.75) is 26.3 Å². The van der Waals surface area contributed by atoms with Gasteiger partial charge in [-0.05, 0) is 20.8 Å². The van der Waals surface area contributed by atoms with Gasteiger partial charge in [-0.1, -0.05) is 0 Å². The van der Waals surface area contributed by atoms with Crippen LogP contribution in [-0.4, -0.2) is 8.97 Å². The average Bonchev–Trinajstić information content (AvgIpc) is 1.12. The van der Waals surface area contributed by atoms with Gasteiger partial charge in [-0.3, -0.25) is 10.3 Å². The Morgan fingerprint density at radius 3 is 1.20 bits per heavy atom. The second-order valence-corrected chi connectivity index (χ2v) is 5.02. The van der Waals surface area contributed by atoms with Crippen LogP contribution in [0.15, 0.2) is 0 Å². The van der Waals surface area contributed by atoms with Crippen molar-refractivity contribution in [3.05, 3.63) is 0 Å². The van der Waals surface area contributed by atoms with E-state index >= 15 is 0 Å². The SMILES string of the molecule is CC(C)(C)N.[O-][I+3]([O-])([O-])O. The molecular formula is C4H12INO4. The molecule has 10 heavy (non-hydrogen) atoms. The van der Waals surface area contributed by atoms with Crippen LogP contribution in [-0.2, 0) is 0 Å². The predicted octanol–water partition coefficient (Wildman–Crippen LogP) is -6.38. The molecule has 0 saturated carbocycles. The molecule has 0 rings (SSSR count). The van der Waals surface area contributed by atoms with Gasteiger partial charge in [-0.15, -0.1) is 0 Å². The molecule has 0 saturated heterocycles. The summed E-state index contributed by atoms with van der Waals surface area (Å²) in [6.07, 6.45) is 0. The zero-order chi connectivity index (χ0) is 9.00. The zero-order valence-electron chi connectivity index (χ0n) is 6.13. The van der Waals surface area contributed by atoms with Crippen LogP contribution < -0.4 is 36.1 Å². The number of rotatable bonds is 0. The molecule has 64 valence electrons. The fraction of sp³-hybridized carbons (Fsp3) is 1.00. The van der Waals surface area contributed by atoms with Crippen LogP contribution in [0.4, 0.5) is 0 Å². The Morgan fingerprint density at radius 2 is 1.20 bits per heavy atom. The molecule has 0 spiro atoms. The number of halogens is 1. The first-order valence-corrected chi connectivity index (χ1v) is 6.03. The molecule has 0 aliphatic carbocycles. The highest BCUT2D eigenvalue weighted by atomic mass is 127. The Hall–Kier alpha value is 0.530. The average molecular weight is 265 g/mol. The van der Waals surface area contributed by atoms with E-state index in [2.05, 4.69) is 0 Å². The maximum atomic E-state index is 8.73. The Labute approximate surface area is 66.2 Å². The molecule has 0 amide bonds. The van der Waals surface area contributed by atoms with Crippen molar-refractivity contribution in [3.8, 4) is 0 Å². The first-order valence-electron chi connectivity index (χ1n) is 2.42. The summed E-state index contributed by atoms with van der Waals surface area (Å²) in [7, 11) is 0. The van der Waals surface area contributed by atoms with Gasteiger partial charge < -0.3 is 5.73 Å². The van der Waals surface area contributed by atoms with Gasteiger partial charge in [0.25, 0.3) is 0 Å². The molecule has 0 bridgehead atoms. The van der Waals surface area contributed by atoms with Gasteiger partial charge >= 0.3 is 20.1 Å². The summed E-state index contributed by atoms with van der Waals surface area (Å²) in [4.78, 5) is 0. The minimum atomic E-state index is -5.69. The molecule has 0 heterocycles. The van der Waals surface area contributed by atoms with Crippen molar-refractivity contribution in [1.82, 2.24) is 0 Å². The van der Waals surface area contributed by atoms with Crippen molar-refractivity contribution in [3.63, 3.8) is 0 Å². The molecule has 0 aliphatic rings. The minimum Gasteiger partial charge on any atom is -0.326 e. The molecule has 0 aliphatic heterocycles.